The number of nitrogens with one attached hydrogen (secondary N) is 1. The van der Waals surface area contributed by atoms with E-state index in [1.165, 1.54) is 32.1 Å². The van der Waals surface area contributed by atoms with E-state index in [0.717, 1.165) is 19.1 Å². The molecule has 0 aromatic heterocycles. The highest BCUT2D eigenvalue weighted by Gasteiger charge is 2.61. The Morgan fingerprint density at radius 2 is 1.95 bits per heavy atom. The minimum atomic E-state index is 0.391. The van der Waals surface area contributed by atoms with Crippen molar-refractivity contribution >= 4 is 0 Å². The van der Waals surface area contributed by atoms with Crippen LogP contribution in [0.1, 0.15) is 73.6 Å². The van der Waals surface area contributed by atoms with Gasteiger partial charge in [0.2, 0.25) is 0 Å². The Balaban J connectivity index is 1.93. The zero-order valence-corrected chi connectivity index (χ0v) is 15.2. The van der Waals surface area contributed by atoms with Crippen LogP contribution in [-0.2, 0) is 4.74 Å². The first kappa shape index (κ1) is 17.3. The van der Waals surface area contributed by atoms with E-state index in [1.807, 2.05) is 0 Å². The van der Waals surface area contributed by atoms with Crippen LogP contribution >= 0.6 is 0 Å². The predicted octanol–water partition coefficient (Wildman–Crippen LogP) is 4.63. The standard InChI is InChI=1S/C19H37NO/c1-7-11-20-16(14(3)8-2)13-21-17-12-15-9-10-19(17,6)18(15,4)5/h14-17,20H,7-13H2,1-6H3. The van der Waals surface area contributed by atoms with E-state index in [1.54, 1.807) is 0 Å². The molecule has 21 heavy (non-hydrogen) atoms. The molecule has 0 saturated heterocycles. The quantitative estimate of drug-likeness (QED) is 0.705. The number of hydrogen-bond acceptors (Lipinski definition) is 2. The highest BCUT2D eigenvalue weighted by atomic mass is 16.5. The lowest BCUT2D eigenvalue weighted by Gasteiger charge is -2.39. The lowest BCUT2D eigenvalue weighted by atomic mass is 9.70. The van der Waals surface area contributed by atoms with Crippen LogP contribution in [0, 0.1) is 22.7 Å². The molecule has 5 unspecified atom stereocenters. The third-order valence-corrected chi connectivity index (χ3v) is 7.18. The molecule has 0 spiro atoms. The number of rotatable bonds is 8. The fraction of sp³-hybridized carbons (Fsp3) is 1.00. The van der Waals surface area contributed by atoms with Gasteiger partial charge < -0.3 is 10.1 Å². The Kier molecular flexibility index (Phi) is 5.41. The van der Waals surface area contributed by atoms with Gasteiger partial charge in [-0.25, -0.2) is 0 Å². The first-order valence-corrected chi connectivity index (χ1v) is 9.21. The van der Waals surface area contributed by atoms with E-state index in [2.05, 4.69) is 46.9 Å². The van der Waals surface area contributed by atoms with Gasteiger partial charge in [-0.1, -0.05) is 48.0 Å². The molecule has 5 atom stereocenters. The SMILES string of the molecule is CCCNC(COC1CC2CCC1(C)C2(C)C)C(C)CC. The van der Waals surface area contributed by atoms with Crippen molar-refractivity contribution in [2.45, 2.75) is 85.8 Å². The summed E-state index contributed by atoms with van der Waals surface area (Å²) in [6.45, 7) is 16.3. The van der Waals surface area contributed by atoms with Crippen molar-refractivity contribution < 1.29 is 4.74 Å². The minimum Gasteiger partial charge on any atom is -0.376 e. The van der Waals surface area contributed by atoms with E-state index >= 15 is 0 Å². The van der Waals surface area contributed by atoms with Crippen molar-refractivity contribution in [3.63, 3.8) is 0 Å². The minimum absolute atomic E-state index is 0.391. The van der Waals surface area contributed by atoms with Crippen LogP contribution in [0.15, 0.2) is 0 Å². The van der Waals surface area contributed by atoms with Gasteiger partial charge in [0, 0.05) is 6.04 Å². The van der Waals surface area contributed by atoms with Gasteiger partial charge in [-0.2, -0.15) is 0 Å². The summed E-state index contributed by atoms with van der Waals surface area (Å²) >= 11 is 0. The molecule has 2 saturated carbocycles. The smallest absolute Gasteiger partial charge is 0.0637 e. The molecule has 1 N–H and O–H groups in total. The van der Waals surface area contributed by atoms with Crippen LogP contribution in [-0.4, -0.2) is 25.3 Å². The zero-order chi connectivity index (χ0) is 15.7. The summed E-state index contributed by atoms with van der Waals surface area (Å²) in [6.07, 6.45) is 6.94. The van der Waals surface area contributed by atoms with Crippen molar-refractivity contribution in [3.05, 3.63) is 0 Å². The highest BCUT2D eigenvalue weighted by molar-refractivity contribution is 5.11. The van der Waals surface area contributed by atoms with Crippen molar-refractivity contribution in [1.82, 2.24) is 5.32 Å². The molecule has 0 aromatic carbocycles. The second-order valence-corrected chi connectivity index (χ2v) is 8.38. The molecule has 0 heterocycles. The maximum atomic E-state index is 6.50. The van der Waals surface area contributed by atoms with Gasteiger partial charge in [-0.15, -0.1) is 0 Å². The maximum Gasteiger partial charge on any atom is 0.0637 e. The topological polar surface area (TPSA) is 21.3 Å². The summed E-state index contributed by atoms with van der Waals surface area (Å²) in [4.78, 5) is 0. The lowest BCUT2D eigenvalue weighted by molar-refractivity contribution is -0.0575. The third kappa shape index (κ3) is 3.03. The first-order valence-electron chi connectivity index (χ1n) is 9.21. The molecule has 2 aliphatic rings. The monoisotopic (exact) mass is 295 g/mol. The largest absolute Gasteiger partial charge is 0.376 e. The molecule has 0 aromatic rings. The molecule has 2 heteroatoms. The van der Waals surface area contributed by atoms with E-state index in [0.29, 0.717) is 28.9 Å². The van der Waals surface area contributed by atoms with Crippen LogP contribution in [0.3, 0.4) is 0 Å². The molecular formula is C19H37NO. The van der Waals surface area contributed by atoms with Gasteiger partial charge in [-0.05, 0) is 54.9 Å². The summed E-state index contributed by atoms with van der Waals surface area (Å²) in [6, 6.07) is 0.515. The van der Waals surface area contributed by atoms with Gasteiger partial charge in [0.15, 0.2) is 0 Å². The molecule has 0 radical (unpaired) electrons. The molecule has 0 amide bonds. The first-order chi connectivity index (χ1) is 9.86. The summed E-state index contributed by atoms with van der Waals surface area (Å²) in [5.74, 6) is 1.56. The normalized spacial score (nSPS) is 36.9. The lowest BCUT2D eigenvalue weighted by Crippen LogP contribution is -2.43. The number of ether oxygens (including phenoxy) is 1. The molecule has 2 rings (SSSR count). The Morgan fingerprint density at radius 1 is 1.24 bits per heavy atom. The average Bonchev–Trinajstić information content (AvgIpc) is 2.79. The molecule has 0 aliphatic heterocycles. The van der Waals surface area contributed by atoms with E-state index in [-0.39, 0.29) is 0 Å². The van der Waals surface area contributed by atoms with Gasteiger partial charge >= 0.3 is 0 Å². The van der Waals surface area contributed by atoms with E-state index in [9.17, 15) is 0 Å². The second-order valence-electron chi connectivity index (χ2n) is 8.38. The molecule has 2 bridgehead atoms. The Bertz CT molecular complexity index is 340. The summed E-state index contributed by atoms with van der Waals surface area (Å²) in [7, 11) is 0. The van der Waals surface area contributed by atoms with Crippen LogP contribution < -0.4 is 5.32 Å². The Morgan fingerprint density at radius 3 is 2.43 bits per heavy atom. The van der Waals surface area contributed by atoms with E-state index < -0.39 is 0 Å². The highest BCUT2D eigenvalue weighted by Crippen LogP contribution is 2.66. The average molecular weight is 296 g/mol. The van der Waals surface area contributed by atoms with E-state index in [4.69, 9.17) is 4.74 Å². The van der Waals surface area contributed by atoms with Crippen molar-refractivity contribution in [1.29, 1.82) is 0 Å². The molecule has 2 nitrogen and oxygen atoms in total. The zero-order valence-electron chi connectivity index (χ0n) is 15.2. The third-order valence-electron chi connectivity index (χ3n) is 7.18. The Hall–Kier alpha value is -0.0800. The van der Waals surface area contributed by atoms with Gasteiger partial charge in [0.25, 0.3) is 0 Å². The van der Waals surface area contributed by atoms with Crippen molar-refractivity contribution in [2.24, 2.45) is 22.7 Å². The van der Waals surface area contributed by atoms with Crippen molar-refractivity contribution in [3.8, 4) is 0 Å². The number of hydrogen-bond donors (Lipinski definition) is 1. The molecule has 2 aliphatic carbocycles. The van der Waals surface area contributed by atoms with Gasteiger partial charge in [-0.3, -0.25) is 0 Å². The second kappa shape index (κ2) is 6.58. The summed E-state index contributed by atoms with van der Waals surface area (Å²) < 4.78 is 6.50. The predicted molar refractivity (Wildman–Crippen MR) is 90.5 cm³/mol. The fourth-order valence-corrected chi connectivity index (χ4v) is 4.64. The maximum absolute atomic E-state index is 6.50. The number of fused-ring (bicyclic) bond motifs is 2. The van der Waals surface area contributed by atoms with Gasteiger partial charge in [0.1, 0.15) is 0 Å². The van der Waals surface area contributed by atoms with Crippen LogP contribution in [0.5, 0.6) is 0 Å². The molecular weight excluding hydrogens is 258 g/mol. The Labute approximate surface area is 132 Å². The fourth-order valence-electron chi connectivity index (χ4n) is 4.64. The summed E-state index contributed by atoms with van der Waals surface area (Å²) in [5, 5.41) is 3.70. The van der Waals surface area contributed by atoms with Crippen LogP contribution in [0.2, 0.25) is 0 Å². The van der Waals surface area contributed by atoms with Gasteiger partial charge in [0.05, 0.1) is 12.7 Å². The summed E-state index contributed by atoms with van der Waals surface area (Å²) in [5.41, 5.74) is 0.850. The molecule has 2 fully saturated rings. The van der Waals surface area contributed by atoms with Crippen molar-refractivity contribution in [2.75, 3.05) is 13.2 Å². The molecule has 124 valence electrons. The van der Waals surface area contributed by atoms with Crippen LogP contribution in [0.25, 0.3) is 0 Å². The van der Waals surface area contributed by atoms with Crippen LogP contribution in [0.4, 0.5) is 0 Å².